The third-order valence-corrected chi connectivity index (χ3v) is 4.98. The van der Waals surface area contributed by atoms with E-state index in [0.717, 1.165) is 11.3 Å². The second kappa shape index (κ2) is 8.06. The van der Waals surface area contributed by atoms with Crippen molar-refractivity contribution in [3.63, 3.8) is 0 Å². The smallest absolute Gasteiger partial charge is 0.286 e. The number of amides is 1. The van der Waals surface area contributed by atoms with E-state index in [2.05, 4.69) is 4.99 Å². The van der Waals surface area contributed by atoms with Crippen molar-refractivity contribution in [2.75, 3.05) is 13.7 Å². The molecule has 28 heavy (non-hydrogen) atoms. The largest absolute Gasteiger partial charge is 0.383 e. The van der Waals surface area contributed by atoms with E-state index in [4.69, 9.17) is 4.74 Å². The molecule has 3 rings (SSSR count). The fraction of sp³-hybridized carbons (Fsp3) is 0.176. The van der Waals surface area contributed by atoms with Gasteiger partial charge in [-0.05, 0) is 12.1 Å². The summed E-state index contributed by atoms with van der Waals surface area (Å²) < 4.78 is 7.39. The van der Waals surface area contributed by atoms with Gasteiger partial charge in [-0.3, -0.25) is 25.0 Å². The van der Waals surface area contributed by atoms with Gasteiger partial charge in [0.05, 0.1) is 26.7 Å². The first-order valence-corrected chi connectivity index (χ1v) is 8.83. The van der Waals surface area contributed by atoms with Crippen molar-refractivity contribution in [3.05, 3.63) is 73.1 Å². The number of carbonyl (C=O) groups is 1. The maximum Gasteiger partial charge on any atom is 0.286 e. The molecule has 2 aromatic carbocycles. The van der Waals surface area contributed by atoms with E-state index in [0.29, 0.717) is 23.4 Å². The summed E-state index contributed by atoms with van der Waals surface area (Å²) in [4.78, 5) is 38.0. The van der Waals surface area contributed by atoms with Crippen molar-refractivity contribution in [2.45, 2.75) is 6.54 Å². The number of carbonyl (C=O) groups excluding carboxylic acids is 1. The van der Waals surface area contributed by atoms with E-state index in [1.807, 2.05) is 0 Å². The number of benzene rings is 2. The number of para-hydroxylation sites is 1. The number of rotatable bonds is 6. The molecule has 0 saturated heterocycles. The minimum absolute atomic E-state index is 0.0898. The zero-order valence-corrected chi connectivity index (χ0v) is 15.4. The first-order chi connectivity index (χ1) is 13.4. The number of thiazole rings is 1. The molecular weight excluding hydrogens is 388 g/mol. The molecule has 0 saturated carbocycles. The molecule has 1 aromatic heterocycles. The summed E-state index contributed by atoms with van der Waals surface area (Å²) in [5.74, 6) is -0.764. The summed E-state index contributed by atoms with van der Waals surface area (Å²) in [5.41, 5.74) is -0.0240. The van der Waals surface area contributed by atoms with Gasteiger partial charge < -0.3 is 9.30 Å². The number of nitrogens with zero attached hydrogens (tertiary/aromatic N) is 4. The van der Waals surface area contributed by atoms with E-state index in [1.54, 1.807) is 10.6 Å². The van der Waals surface area contributed by atoms with E-state index < -0.39 is 15.8 Å². The molecule has 144 valence electrons. The fourth-order valence-corrected chi connectivity index (χ4v) is 3.65. The van der Waals surface area contributed by atoms with Crippen LogP contribution in [-0.4, -0.2) is 34.0 Å². The van der Waals surface area contributed by atoms with Gasteiger partial charge in [0.15, 0.2) is 4.80 Å². The molecule has 1 heterocycles. The first kappa shape index (κ1) is 19.3. The van der Waals surface area contributed by atoms with Crippen molar-refractivity contribution in [2.24, 2.45) is 4.99 Å². The van der Waals surface area contributed by atoms with E-state index >= 15 is 0 Å². The van der Waals surface area contributed by atoms with Crippen LogP contribution in [0.4, 0.5) is 11.4 Å². The lowest BCUT2D eigenvalue weighted by Crippen LogP contribution is -2.19. The second-order valence-electron chi connectivity index (χ2n) is 5.63. The highest BCUT2D eigenvalue weighted by Crippen LogP contribution is 2.24. The number of ether oxygens (including phenoxy) is 1. The van der Waals surface area contributed by atoms with Gasteiger partial charge in [-0.1, -0.05) is 23.5 Å². The SMILES string of the molecule is COCCn1c(=NC(=O)c2ccccc2[N+](=O)[O-])sc2ccc([N+](=O)[O-])cc21. The van der Waals surface area contributed by atoms with Gasteiger partial charge in [-0.15, -0.1) is 0 Å². The Labute approximate surface area is 161 Å². The topological polar surface area (TPSA) is 130 Å². The third-order valence-electron chi connectivity index (χ3n) is 3.92. The van der Waals surface area contributed by atoms with Crippen LogP contribution < -0.4 is 4.80 Å². The lowest BCUT2D eigenvalue weighted by Gasteiger charge is -2.04. The van der Waals surface area contributed by atoms with Crippen molar-refractivity contribution in [1.82, 2.24) is 4.57 Å². The Morgan fingerprint density at radius 3 is 2.61 bits per heavy atom. The van der Waals surface area contributed by atoms with Crippen LogP contribution in [0.1, 0.15) is 10.4 Å². The van der Waals surface area contributed by atoms with Crippen molar-refractivity contribution >= 4 is 38.8 Å². The maximum absolute atomic E-state index is 12.6. The number of nitro groups is 2. The Morgan fingerprint density at radius 1 is 1.18 bits per heavy atom. The van der Waals surface area contributed by atoms with Crippen LogP contribution in [0.15, 0.2) is 47.5 Å². The summed E-state index contributed by atoms with van der Waals surface area (Å²) in [5, 5.41) is 22.2. The molecule has 3 aromatic rings. The Morgan fingerprint density at radius 2 is 1.93 bits per heavy atom. The zero-order chi connectivity index (χ0) is 20.3. The highest BCUT2D eigenvalue weighted by molar-refractivity contribution is 7.16. The molecular formula is C17H14N4O6S. The van der Waals surface area contributed by atoms with Gasteiger partial charge in [0.1, 0.15) is 5.56 Å². The van der Waals surface area contributed by atoms with Gasteiger partial charge in [-0.2, -0.15) is 4.99 Å². The fourth-order valence-electron chi connectivity index (χ4n) is 2.62. The Balaban J connectivity index is 2.17. The zero-order valence-electron chi connectivity index (χ0n) is 14.6. The number of hydrogen-bond acceptors (Lipinski definition) is 7. The normalized spacial score (nSPS) is 11.7. The first-order valence-electron chi connectivity index (χ1n) is 8.01. The highest BCUT2D eigenvalue weighted by Gasteiger charge is 2.19. The molecule has 0 bridgehead atoms. The number of hydrogen-bond donors (Lipinski definition) is 0. The van der Waals surface area contributed by atoms with E-state index in [-0.39, 0.29) is 21.7 Å². The number of nitro benzene ring substituents is 2. The van der Waals surface area contributed by atoms with Gasteiger partial charge >= 0.3 is 0 Å². The van der Waals surface area contributed by atoms with Gasteiger partial charge in [0, 0.05) is 31.9 Å². The number of methoxy groups -OCH3 is 1. The van der Waals surface area contributed by atoms with Crippen LogP contribution >= 0.6 is 11.3 Å². The average Bonchev–Trinajstić information content (AvgIpc) is 3.02. The highest BCUT2D eigenvalue weighted by atomic mass is 32.1. The molecule has 0 unspecified atom stereocenters. The molecule has 0 N–H and O–H groups in total. The number of aromatic nitrogens is 1. The average molecular weight is 402 g/mol. The van der Waals surface area contributed by atoms with E-state index in [1.165, 1.54) is 43.5 Å². The maximum atomic E-state index is 12.6. The molecule has 0 radical (unpaired) electrons. The molecule has 11 heteroatoms. The molecule has 0 spiro atoms. The van der Waals surface area contributed by atoms with Crippen molar-refractivity contribution in [1.29, 1.82) is 0 Å². The molecule has 0 aliphatic rings. The van der Waals surface area contributed by atoms with Crippen molar-refractivity contribution < 1.29 is 19.4 Å². The van der Waals surface area contributed by atoms with Crippen LogP contribution in [-0.2, 0) is 11.3 Å². The quantitative estimate of drug-likeness (QED) is 0.460. The predicted octanol–water partition coefficient (Wildman–Crippen LogP) is 2.91. The van der Waals surface area contributed by atoms with Crippen LogP contribution in [0.3, 0.4) is 0 Å². The van der Waals surface area contributed by atoms with Crippen LogP contribution in [0, 0.1) is 20.2 Å². The van der Waals surface area contributed by atoms with Crippen molar-refractivity contribution in [3.8, 4) is 0 Å². The summed E-state index contributed by atoms with van der Waals surface area (Å²) in [7, 11) is 1.51. The van der Waals surface area contributed by atoms with Crippen LogP contribution in [0.25, 0.3) is 10.2 Å². The number of non-ortho nitro benzene ring substituents is 1. The Bertz CT molecular complexity index is 1150. The van der Waals surface area contributed by atoms with Crippen LogP contribution in [0.5, 0.6) is 0 Å². The lowest BCUT2D eigenvalue weighted by atomic mass is 10.2. The summed E-state index contributed by atoms with van der Waals surface area (Å²) >= 11 is 1.16. The number of fused-ring (bicyclic) bond motifs is 1. The second-order valence-corrected chi connectivity index (χ2v) is 6.64. The molecule has 1 amide bonds. The van der Waals surface area contributed by atoms with Gasteiger partial charge in [0.2, 0.25) is 0 Å². The van der Waals surface area contributed by atoms with E-state index in [9.17, 15) is 25.0 Å². The van der Waals surface area contributed by atoms with Gasteiger partial charge in [0.25, 0.3) is 17.3 Å². The minimum Gasteiger partial charge on any atom is -0.383 e. The predicted molar refractivity (Wildman–Crippen MR) is 101 cm³/mol. The van der Waals surface area contributed by atoms with Crippen LogP contribution in [0.2, 0.25) is 0 Å². The summed E-state index contributed by atoms with van der Waals surface area (Å²) in [6.07, 6.45) is 0. The molecule has 10 nitrogen and oxygen atoms in total. The Kier molecular flexibility index (Phi) is 5.57. The minimum atomic E-state index is -0.764. The monoisotopic (exact) mass is 402 g/mol. The summed E-state index contributed by atoms with van der Waals surface area (Å²) in [6, 6.07) is 9.89. The molecule has 0 aliphatic carbocycles. The third kappa shape index (κ3) is 3.80. The standard InChI is InChI=1S/C17H14N4O6S/c1-27-9-8-19-14-10-11(20(23)24)6-7-15(14)28-17(19)18-16(22)12-4-2-3-5-13(12)21(25)26/h2-7,10H,8-9H2,1H3. The summed E-state index contributed by atoms with van der Waals surface area (Å²) in [6.45, 7) is 0.599. The molecule has 0 fully saturated rings. The molecule has 0 aliphatic heterocycles. The lowest BCUT2D eigenvalue weighted by molar-refractivity contribution is -0.385. The van der Waals surface area contributed by atoms with Gasteiger partial charge in [-0.25, -0.2) is 0 Å². The Hall–Kier alpha value is -3.44. The molecule has 0 atom stereocenters.